The van der Waals surface area contributed by atoms with Gasteiger partial charge in [0.2, 0.25) is 0 Å². The third-order valence-electron chi connectivity index (χ3n) is 3.80. The summed E-state index contributed by atoms with van der Waals surface area (Å²) in [6.45, 7) is 9.20. The first kappa shape index (κ1) is 16.5. The summed E-state index contributed by atoms with van der Waals surface area (Å²) in [5.41, 5.74) is 5.67. The van der Waals surface area contributed by atoms with E-state index < -0.39 is 0 Å². The Morgan fingerprint density at radius 1 is 0.727 bits per heavy atom. The van der Waals surface area contributed by atoms with Crippen LogP contribution in [0.5, 0.6) is 0 Å². The maximum Gasteiger partial charge on any atom is -0.0221 e. The van der Waals surface area contributed by atoms with E-state index in [1.807, 2.05) is 0 Å². The van der Waals surface area contributed by atoms with Crippen molar-refractivity contribution in [3.63, 3.8) is 0 Å². The molecule has 0 spiro atoms. The van der Waals surface area contributed by atoms with Crippen molar-refractivity contribution >= 4 is 12.2 Å². The molecule has 22 heavy (non-hydrogen) atoms. The van der Waals surface area contributed by atoms with Crippen LogP contribution in [-0.2, 0) is 12.8 Å². The van der Waals surface area contributed by atoms with E-state index in [4.69, 9.17) is 0 Å². The van der Waals surface area contributed by atoms with E-state index in [9.17, 15) is 0 Å². The molecule has 0 heterocycles. The Bertz CT molecular complexity index is 603. The second-order valence-corrected chi connectivity index (χ2v) is 6.92. The van der Waals surface area contributed by atoms with Gasteiger partial charge in [-0.2, -0.15) is 0 Å². The summed E-state index contributed by atoms with van der Waals surface area (Å²) in [5.74, 6) is 1.37. The molecule has 0 aliphatic rings. The topological polar surface area (TPSA) is 0 Å². The average Bonchev–Trinajstić information content (AvgIpc) is 2.48. The Morgan fingerprint density at radius 2 is 1.41 bits per heavy atom. The fourth-order valence-corrected chi connectivity index (χ4v) is 2.85. The fourth-order valence-electron chi connectivity index (χ4n) is 2.85. The normalized spacial score (nSPS) is 11.7. The van der Waals surface area contributed by atoms with Crippen molar-refractivity contribution in [2.75, 3.05) is 0 Å². The number of rotatable bonds is 6. The first-order valence-electron chi connectivity index (χ1n) is 8.40. The minimum absolute atomic E-state index is 0.678. The highest BCUT2D eigenvalue weighted by Crippen LogP contribution is 2.23. The van der Waals surface area contributed by atoms with E-state index in [1.54, 1.807) is 0 Å². The number of benzene rings is 2. The Hall–Kier alpha value is -1.82. The third-order valence-corrected chi connectivity index (χ3v) is 3.80. The number of hydrogen-bond donors (Lipinski definition) is 0. The highest BCUT2D eigenvalue weighted by molar-refractivity contribution is 5.71. The molecule has 0 bridgehead atoms. The zero-order valence-electron chi connectivity index (χ0n) is 14.3. The molecule has 0 amide bonds. The summed E-state index contributed by atoms with van der Waals surface area (Å²) in [6.07, 6.45) is 6.81. The van der Waals surface area contributed by atoms with Crippen LogP contribution in [0, 0.1) is 11.8 Å². The quantitative estimate of drug-likeness (QED) is 0.552. The standard InChI is InChI=1S/C22H28/c1-17(2)15-21-12-8-11-20(22(21)16-18(3)4)14-13-19-9-6-5-7-10-19/h5-14,17-18H,15-16H2,1-4H3. The lowest BCUT2D eigenvalue weighted by molar-refractivity contribution is 0.615. The van der Waals surface area contributed by atoms with Crippen molar-refractivity contribution in [1.82, 2.24) is 0 Å². The smallest absolute Gasteiger partial charge is 0.0221 e. The van der Waals surface area contributed by atoms with Gasteiger partial charge in [-0.1, -0.05) is 88.4 Å². The van der Waals surface area contributed by atoms with Gasteiger partial charge in [-0.15, -0.1) is 0 Å². The first-order valence-corrected chi connectivity index (χ1v) is 8.40. The van der Waals surface area contributed by atoms with E-state index >= 15 is 0 Å². The van der Waals surface area contributed by atoms with Gasteiger partial charge in [0.1, 0.15) is 0 Å². The lowest BCUT2D eigenvalue weighted by atomic mass is 9.89. The van der Waals surface area contributed by atoms with Gasteiger partial charge >= 0.3 is 0 Å². The summed E-state index contributed by atoms with van der Waals surface area (Å²) in [7, 11) is 0. The molecule has 0 nitrogen and oxygen atoms in total. The second-order valence-electron chi connectivity index (χ2n) is 6.92. The number of hydrogen-bond acceptors (Lipinski definition) is 0. The first-order chi connectivity index (χ1) is 10.6. The Kier molecular flexibility index (Phi) is 6.00. The average molecular weight is 292 g/mol. The van der Waals surface area contributed by atoms with Crippen molar-refractivity contribution in [2.24, 2.45) is 11.8 Å². The molecule has 0 atom stereocenters. The van der Waals surface area contributed by atoms with Crippen LogP contribution in [0.1, 0.15) is 49.9 Å². The van der Waals surface area contributed by atoms with Gasteiger partial charge in [-0.25, -0.2) is 0 Å². The molecule has 0 saturated carbocycles. The predicted octanol–water partition coefficient (Wildman–Crippen LogP) is 6.25. The molecule has 0 saturated heterocycles. The van der Waals surface area contributed by atoms with Crippen molar-refractivity contribution in [3.8, 4) is 0 Å². The van der Waals surface area contributed by atoms with E-state index in [0.29, 0.717) is 11.8 Å². The Labute approximate surface area is 135 Å². The molecule has 0 aliphatic carbocycles. The van der Waals surface area contributed by atoms with Gasteiger partial charge in [0, 0.05) is 0 Å². The van der Waals surface area contributed by atoms with Crippen LogP contribution in [0.25, 0.3) is 12.2 Å². The summed E-state index contributed by atoms with van der Waals surface area (Å²) >= 11 is 0. The fraction of sp³-hybridized carbons (Fsp3) is 0.364. The van der Waals surface area contributed by atoms with Crippen molar-refractivity contribution in [3.05, 3.63) is 70.8 Å². The molecular formula is C22H28. The minimum atomic E-state index is 0.678. The van der Waals surface area contributed by atoms with Crippen molar-refractivity contribution in [1.29, 1.82) is 0 Å². The van der Waals surface area contributed by atoms with Gasteiger partial charge in [0.15, 0.2) is 0 Å². The maximum absolute atomic E-state index is 2.30. The van der Waals surface area contributed by atoms with E-state index in [-0.39, 0.29) is 0 Å². The van der Waals surface area contributed by atoms with E-state index in [2.05, 4.69) is 88.4 Å². The predicted molar refractivity (Wildman–Crippen MR) is 98.9 cm³/mol. The van der Waals surface area contributed by atoms with Crippen LogP contribution in [0.3, 0.4) is 0 Å². The van der Waals surface area contributed by atoms with Gasteiger partial charge < -0.3 is 0 Å². The summed E-state index contributed by atoms with van der Waals surface area (Å²) in [6, 6.07) is 17.3. The molecule has 0 aromatic heterocycles. The van der Waals surface area contributed by atoms with Crippen molar-refractivity contribution in [2.45, 2.75) is 40.5 Å². The van der Waals surface area contributed by atoms with Crippen LogP contribution in [0.15, 0.2) is 48.5 Å². The molecule has 0 fully saturated rings. The summed E-state index contributed by atoms with van der Waals surface area (Å²) in [4.78, 5) is 0. The second kappa shape index (κ2) is 7.98. The SMILES string of the molecule is CC(C)Cc1cccc(C=Cc2ccccc2)c1CC(C)C. The minimum Gasteiger partial charge on any atom is -0.0625 e. The van der Waals surface area contributed by atoms with Crippen LogP contribution in [-0.4, -0.2) is 0 Å². The van der Waals surface area contributed by atoms with Crippen LogP contribution < -0.4 is 0 Å². The lowest BCUT2D eigenvalue weighted by Crippen LogP contribution is -2.05. The molecule has 0 heteroatoms. The molecule has 2 aromatic rings. The zero-order valence-corrected chi connectivity index (χ0v) is 14.3. The molecule has 0 radical (unpaired) electrons. The molecule has 116 valence electrons. The van der Waals surface area contributed by atoms with E-state index in [1.165, 1.54) is 22.3 Å². The largest absolute Gasteiger partial charge is 0.0625 e. The molecule has 2 rings (SSSR count). The van der Waals surface area contributed by atoms with E-state index in [0.717, 1.165) is 12.8 Å². The van der Waals surface area contributed by atoms with Crippen LogP contribution in [0.4, 0.5) is 0 Å². The Balaban J connectivity index is 2.34. The lowest BCUT2D eigenvalue weighted by Gasteiger charge is -2.16. The monoisotopic (exact) mass is 292 g/mol. The summed E-state index contributed by atoms with van der Waals surface area (Å²) < 4.78 is 0. The maximum atomic E-state index is 2.30. The molecule has 2 aromatic carbocycles. The third kappa shape index (κ3) is 4.87. The van der Waals surface area contributed by atoms with Crippen molar-refractivity contribution < 1.29 is 0 Å². The highest BCUT2D eigenvalue weighted by atomic mass is 14.1. The van der Waals surface area contributed by atoms with Gasteiger partial charge in [-0.3, -0.25) is 0 Å². The highest BCUT2D eigenvalue weighted by Gasteiger charge is 2.10. The van der Waals surface area contributed by atoms with Crippen LogP contribution >= 0.6 is 0 Å². The molecule has 0 aliphatic heterocycles. The molecule has 0 unspecified atom stereocenters. The van der Waals surface area contributed by atoms with Gasteiger partial charge in [0.25, 0.3) is 0 Å². The summed E-state index contributed by atoms with van der Waals surface area (Å²) in [5, 5.41) is 0. The Morgan fingerprint density at radius 3 is 2.05 bits per heavy atom. The zero-order chi connectivity index (χ0) is 15.9. The molecular weight excluding hydrogens is 264 g/mol. The van der Waals surface area contributed by atoms with Gasteiger partial charge in [-0.05, 0) is 46.9 Å². The molecule has 0 N–H and O–H groups in total. The van der Waals surface area contributed by atoms with Gasteiger partial charge in [0.05, 0.1) is 0 Å². The van der Waals surface area contributed by atoms with Crippen LogP contribution in [0.2, 0.25) is 0 Å².